The second kappa shape index (κ2) is 8.74. The molecule has 2 saturated heterocycles. The number of nitrogens with one attached hydrogen (secondary N) is 3. The Morgan fingerprint density at radius 1 is 1.26 bits per heavy atom. The molecular formula is C20H22ClN7O5S. The van der Waals surface area contributed by atoms with Crippen LogP contribution in [0.15, 0.2) is 23.8 Å². The predicted molar refractivity (Wildman–Crippen MR) is 122 cm³/mol. The van der Waals surface area contributed by atoms with Crippen LogP contribution in [0.2, 0.25) is 5.28 Å². The molecule has 14 heteroatoms. The van der Waals surface area contributed by atoms with Crippen molar-refractivity contribution in [1.82, 2.24) is 30.3 Å². The van der Waals surface area contributed by atoms with Gasteiger partial charge in [0.2, 0.25) is 5.28 Å². The van der Waals surface area contributed by atoms with E-state index < -0.39 is 30.3 Å². The van der Waals surface area contributed by atoms with Gasteiger partial charge >= 0.3 is 0 Å². The number of imidazole rings is 1. The van der Waals surface area contributed by atoms with Gasteiger partial charge in [0.25, 0.3) is 11.8 Å². The summed E-state index contributed by atoms with van der Waals surface area (Å²) in [4.78, 5) is 38.3. The molecule has 3 aromatic rings. The summed E-state index contributed by atoms with van der Waals surface area (Å²) in [5, 5.41) is 4.50. The minimum atomic E-state index is -0.899. The van der Waals surface area contributed by atoms with Gasteiger partial charge in [0.15, 0.2) is 35.1 Å². The van der Waals surface area contributed by atoms with Gasteiger partial charge in [-0.3, -0.25) is 25.0 Å². The summed E-state index contributed by atoms with van der Waals surface area (Å²) in [6, 6.07) is 3.48. The SMILES string of the molecule is CCNC(=O)[C@H]1O[C@@H](n2cnc3c(NNC(=O)c4cccs4)nc(Cl)nc32)[C@@H]2OC(C)(C)O[C@@H]21. The van der Waals surface area contributed by atoms with Crippen molar-refractivity contribution in [3.05, 3.63) is 34.0 Å². The van der Waals surface area contributed by atoms with Crippen LogP contribution in [0.3, 0.4) is 0 Å². The molecule has 0 unspecified atom stereocenters. The highest BCUT2D eigenvalue weighted by Crippen LogP contribution is 2.44. The molecule has 2 aliphatic rings. The van der Waals surface area contributed by atoms with Crippen molar-refractivity contribution >= 4 is 51.7 Å². The molecule has 0 saturated carbocycles. The number of likely N-dealkylation sites (N-methyl/N-ethyl adjacent to an activating group) is 1. The van der Waals surface area contributed by atoms with Gasteiger partial charge in [0, 0.05) is 6.54 Å². The van der Waals surface area contributed by atoms with E-state index in [0.717, 1.165) is 0 Å². The van der Waals surface area contributed by atoms with E-state index in [1.165, 1.54) is 17.7 Å². The third-order valence-electron chi connectivity index (χ3n) is 5.35. The third-order valence-corrected chi connectivity index (χ3v) is 6.38. The summed E-state index contributed by atoms with van der Waals surface area (Å²) in [6.45, 7) is 5.83. The summed E-state index contributed by atoms with van der Waals surface area (Å²) < 4.78 is 19.8. The van der Waals surface area contributed by atoms with Crippen LogP contribution < -0.4 is 16.2 Å². The number of rotatable bonds is 6. The molecule has 2 fully saturated rings. The number of halogens is 1. The van der Waals surface area contributed by atoms with Crippen LogP contribution in [0.5, 0.6) is 0 Å². The zero-order valence-corrected chi connectivity index (χ0v) is 20.0. The number of carbonyl (C=O) groups is 2. The van der Waals surface area contributed by atoms with Gasteiger partial charge in [-0.15, -0.1) is 11.3 Å². The van der Waals surface area contributed by atoms with Crippen molar-refractivity contribution in [3.63, 3.8) is 0 Å². The number of amides is 2. The molecule has 2 aliphatic heterocycles. The lowest BCUT2D eigenvalue weighted by molar-refractivity contribution is -0.197. The lowest BCUT2D eigenvalue weighted by Gasteiger charge is -2.24. The van der Waals surface area contributed by atoms with Crippen molar-refractivity contribution < 1.29 is 23.8 Å². The van der Waals surface area contributed by atoms with Crippen molar-refractivity contribution in [1.29, 1.82) is 0 Å². The third kappa shape index (κ3) is 4.09. The standard InChI is InChI=1S/C20H22ClN7O5S/c1-4-22-17(30)12-11-13(33-20(2,3)32-11)18(31-12)28-8-23-10-14(24-19(21)25-15(10)28)26-27-16(29)9-6-5-7-34-9/h5-8,11-13,18H,4H2,1-3H3,(H,22,30)(H,27,29)(H,24,25,26)/t11-,12+,13-,18-/m1/s1. The molecule has 5 rings (SSSR count). The van der Waals surface area contributed by atoms with E-state index in [-0.39, 0.29) is 22.9 Å². The zero-order valence-electron chi connectivity index (χ0n) is 18.4. The molecule has 3 N–H and O–H groups in total. The highest BCUT2D eigenvalue weighted by atomic mass is 35.5. The Kier molecular flexibility index (Phi) is 5.90. The molecule has 180 valence electrons. The van der Waals surface area contributed by atoms with Crippen LogP contribution in [-0.4, -0.2) is 62.0 Å². The van der Waals surface area contributed by atoms with Crippen LogP contribution in [-0.2, 0) is 19.0 Å². The van der Waals surface area contributed by atoms with E-state index in [2.05, 4.69) is 31.1 Å². The van der Waals surface area contributed by atoms with Gasteiger partial charge < -0.3 is 19.5 Å². The number of hydrogen-bond acceptors (Lipinski definition) is 10. The second-order valence-electron chi connectivity index (χ2n) is 8.13. The summed E-state index contributed by atoms with van der Waals surface area (Å²) in [5.41, 5.74) is 6.01. The summed E-state index contributed by atoms with van der Waals surface area (Å²) >= 11 is 7.48. The van der Waals surface area contributed by atoms with Crippen LogP contribution >= 0.6 is 22.9 Å². The molecule has 0 bridgehead atoms. The minimum absolute atomic E-state index is 0.0686. The first kappa shape index (κ1) is 22.9. The summed E-state index contributed by atoms with van der Waals surface area (Å²) in [5.74, 6) is -1.32. The lowest BCUT2D eigenvalue weighted by atomic mass is 10.1. The fourth-order valence-electron chi connectivity index (χ4n) is 4.04. The molecule has 2 amide bonds. The zero-order chi connectivity index (χ0) is 24.0. The Hall–Kier alpha value is -2.84. The molecule has 5 heterocycles. The highest BCUT2D eigenvalue weighted by Gasteiger charge is 2.58. The fourth-order valence-corrected chi connectivity index (χ4v) is 4.82. The van der Waals surface area contributed by atoms with Crippen molar-refractivity contribution in [2.24, 2.45) is 0 Å². The largest absolute Gasteiger partial charge is 0.354 e. The fraction of sp³-hybridized carbons (Fsp3) is 0.450. The number of aromatic nitrogens is 4. The number of anilines is 1. The Bertz CT molecular complexity index is 1230. The van der Waals surface area contributed by atoms with Crippen molar-refractivity contribution in [2.45, 2.75) is 51.1 Å². The average molecular weight is 508 g/mol. The van der Waals surface area contributed by atoms with Crippen molar-refractivity contribution in [3.8, 4) is 0 Å². The van der Waals surface area contributed by atoms with Crippen LogP contribution in [0.25, 0.3) is 11.2 Å². The maximum atomic E-state index is 12.6. The van der Waals surface area contributed by atoms with E-state index in [1.807, 2.05) is 6.92 Å². The maximum absolute atomic E-state index is 12.6. The predicted octanol–water partition coefficient (Wildman–Crippen LogP) is 1.85. The minimum Gasteiger partial charge on any atom is -0.354 e. The molecule has 34 heavy (non-hydrogen) atoms. The lowest BCUT2D eigenvalue weighted by Crippen LogP contribution is -2.42. The number of hydrogen-bond donors (Lipinski definition) is 3. The Morgan fingerprint density at radius 3 is 2.79 bits per heavy atom. The quantitative estimate of drug-likeness (QED) is 0.336. The van der Waals surface area contributed by atoms with E-state index in [4.69, 9.17) is 25.8 Å². The number of ether oxygens (including phenoxy) is 3. The normalized spacial score (nSPS) is 25.3. The molecule has 0 aromatic carbocycles. The molecule has 4 atom stereocenters. The van der Waals surface area contributed by atoms with E-state index in [9.17, 15) is 9.59 Å². The first-order chi connectivity index (χ1) is 16.3. The number of fused-ring (bicyclic) bond motifs is 2. The molecule has 0 radical (unpaired) electrons. The maximum Gasteiger partial charge on any atom is 0.279 e. The Balaban J connectivity index is 1.46. The van der Waals surface area contributed by atoms with Crippen LogP contribution in [0.1, 0.15) is 36.7 Å². The average Bonchev–Trinajstić information content (AvgIpc) is 3.55. The van der Waals surface area contributed by atoms with E-state index in [0.29, 0.717) is 22.6 Å². The Morgan fingerprint density at radius 2 is 2.06 bits per heavy atom. The molecular weight excluding hydrogens is 486 g/mol. The second-order valence-corrected chi connectivity index (χ2v) is 9.41. The monoisotopic (exact) mass is 507 g/mol. The topological polar surface area (TPSA) is 142 Å². The van der Waals surface area contributed by atoms with Crippen molar-refractivity contribution in [2.75, 3.05) is 12.0 Å². The number of thiophene rings is 1. The molecule has 3 aromatic heterocycles. The first-order valence-electron chi connectivity index (χ1n) is 10.6. The van der Waals surface area contributed by atoms with Gasteiger partial charge in [-0.05, 0) is 43.8 Å². The number of hydrazine groups is 1. The van der Waals surface area contributed by atoms with Crippen LogP contribution in [0, 0.1) is 0 Å². The summed E-state index contributed by atoms with van der Waals surface area (Å²) in [7, 11) is 0. The smallest absolute Gasteiger partial charge is 0.279 e. The number of carbonyl (C=O) groups excluding carboxylic acids is 2. The summed E-state index contributed by atoms with van der Waals surface area (Å²) in [6.07, 6.45) is -1.36. The molecule has 0 spiro atoms. The van der Waals surface area contributed by atoms with Gasteiger partial charge in [0.05, 0.1) is 11.2 Å². The molecule has 12 nitrogen and oxygen atoms in total. The van der Waals surface area contributed by atoms with Gasteiger partial charge in [0.1, 0.15) is 12.2 Å². The highest BCUT2D eigenvalue weighted by molar-refractivity contribution is 7.12. The van der Waals surface area contributed by atoms with Gasteiger partial charge in [-0.25, -0.2) is 4.98 Å². The van der Waals surface area contributed by atoms with Crippen LogP contribution in [0.4, 0.5) is 5.82 Å². The van der Waals surface area contributed by atoms with Gasteiger partial charge in [-0.2, -0.15) is 9.97 Å². The first-order valence-corrected chi connectivity index (χ1v) is 11.8. The Labute approximate surface area is 202 Å². The van der Waals surface area contributed by atoms with Gasteiger partial charge in [-0.1, -0.05) is 6.07 Å². The van der Waals surface area contributed by atoms with E-state index >= 15 is 0 Å². The van der Waals surface area contributed by atoms with E-state index in [1.54, 1.807) is 35.9 Å². The molecule has 0 aliphatic carbocycles. The number of nitrogens with zero attached hydrogens (tertiary/aromatic N) is 4.